The number of rotatable bonds is 2. The van der Waals surface area contributed by atoms with Crippen LogP contribution in [0.15, 0.2) is 6.20 Å². The van der Waals surface area contributed by atoms with E-state index in [-0.39, 0.29) is 0 Å². The molecule has 1 heterocycles. The van der Waals surface area contributed by atoms with E-state index in [0.29, 0.717) is 11.7 Å². The van der Waals surface area contributed by atoms with Crippen LogP contribution < -0.4 is 0 Å². The lowest BCUT2D eigenvalue weighted by atomic mass is 10.0. The van der Waals surface area contributed by atoms with Crippen molar-refractivity contribution in [1.29, 1.82) is 0 Å². The van der Waals surface area contributed by atoms with E-state index in [1.165, 1.54) is 0 Å². The Labute approximate surface area is 76.9 Å². The van der Waals surface area contributed by atoms with Gasteiger partial charge in [-0.2, -0.15) is 0 Å². The first-order valence-corrected chi connectivity index (χ1v) is 4.61. The molecule has 1 aromatic rings. The number of hydrogen-bond donors (Lipinski definition) is 0. The molecule has 1 aromatic heterocycles. The summed E-state index contributed by atoms with van der Waals surface area (Å²) in [4.78, 5) is 11.0. The van der Waals surface area contributed by atoms with E-state index in [1.807, 2.05) is 13.2 Å². The van der Waals surface area contributed by atoms with Gasteiger partial charge in [0.15, 0.2) is 0 Å². The summed E-state index contributed by atoms with van der Waals surface area (Å²) >= 11 is 0. The number of aromatic nitrogens is 3. The first kappa shape index (κ1) is 8.41. The highest BCUT2D eigenvalue weighted by atomic mass is 16.1. The minimum absolute atomic E-state index is 0.397. The molecule has 0 aliphatic heterocycles. The van der Waals surface area contributed by atoms with Crippen LogP contribution in [0.1, 0.15) is 25.0 Å². The molecule has 0 amide bonds. The van der Waals surface area contributed by atoms with Gasteiger partial charge in [0.2, 0.25) is 0 Å². The van der Waals surface area contributed by atoms with Crippen LogP contribution in [0.5, 0.6) is 0 Å². The lowest BCUT2D eigenvalue weighted by Crippen LogP contribution is -2.00. The molecule has 1 aliphatic carbocycles. The number of nitrogens with zero attached hydrogens (tertiary/aromatic N) is 3. The SMILES string of the molecule is Cn1cc(CC2CCC(=O)C2)nn1. The topological polar surface area (TPSA) is 47.8 Å². The van der Waals surface area contributed by atoms with Crippen LogP contribution in [-0.4, -0.2) is 20.8 Å². The predicted molar refractivity (Wildman–Crippen MR) is 47.1 cm³/mol. The van der Waals surface area contributed by atoms with Crippen molar-refractivity contribution in [3.8, 4) is 0 Å². The summed E-state index contributed by atoms with van der Waals surface area (Å²) in [5.74, 6) is 0.901. The van der Waals surface area contributed by atoms with E-state index in [0.717, 1.165) is 31.4 Å². The van der Waals surface area contributed by atoms with Crippen molar-refractivity contribution in [2.45, 2.75) is 25.7 Å². The normalized spacial score (nSPS) is 22.5. The Hall–Kier alpha value is -1.19. The van der Waals surface area contributed by atoms with Gasteiger partial charge in [-0.25, -0.2) is 0 Å². The van der Waals surface area contributed by atoms with Crippen LogP contribution in [0.3, 0.4) is 0 Å². The Morgan fingerprint density at radius 3 is 3.08 bits per heavy atom. The van der Waals surface area contributed by atoms with E-state index < -0.39 is 0 Å². The van der Waals surface area contributed by atoms with Gasteiger partial charge in [0, 0.05) is 26.1 Å². The summed E-state index contributed by atoms with van der Waals surface area (Å²) in [6.45, 7) is 0. The van der Waals surface area contributed by atoms with Crippen molar-refractivity contribution in [3.05, 3.63) is 11.9 Å². The average Bonchev–Trinajstić information content (AvgIpc) is 2.62. The molecule has 0 bridgehead atoms. The molecule has 1 fully saturated rings. The summed E-state index contributed by atoms with van der Waals surface area (Å²) < 4.78 is 1.70. The third-order valence-corrected chi connectivity index (χ3v) is 2.50. The molecule has 0 aromatic carbocycles. The molecule has 4 nitrogen and oxygen atoms in total. The summed E-state index contributed by atoms with van der Waals surface area (Å²) in [5.41, 5.74) is 1.00. The van der Waals surface area contributed by atoms with Crippen molar-refractivity contribution in [1.82, 2.24) is 15.0 Å². The highest BCUT2D eigenvalue weighted by molar-refractivity contribution is 5.80. The lowest BCUT2D eigenvalue weighted by molar-refractivity contribution is -0.117. The molecule has 0 saturated heterocycles. The molecular weight excluding hydrogens is 166 g/mol. The summed E-state index contributed by atoms with van der Waals surface area (Å²) in [5, 5.41) is 7.87. The monoisotopic (exact) mass is 179 g/mol. The summed E-state index contributed by atoms with van der Waals surface area (Å²) in [6, 6.07) is 0. The molecule has 1 aliphatic rings. The quantitative estimate of drug-likeness (QED) is 0.672. The summed E-state index contributed by atoms with van der Waals surface area (Å²) in [7, 11) is 1.86. The van der Waals surface area contributed by atoms with Gasteiger partial charge >= 0.3 is 0 Å². The zero-order chi connectivity index (χ0) is 9.26. The maximum absolute atomic E-state index is 11.0. The molecule has 13 heavy (non-hydrogen) atoms. The van der Waals surface area contributed by atoms with Crippen molar-refractivity contribution in [3.63, 3.8) is 0 Å². The molecule has 1 atom stereocenters. The van der Waals surface area contributed by atoms with Gasteiger partial charge in [-0.15, -0.1) is 5.10 Å². The Bertz CT molecular complexity index is 318. The van der Waals surface area contributed by atoms with Gasteiger partial charge < -0.3 is 0 Å². The van der Waals surface area contributed by atoms with Crippen LogP contribution in [0.25, 0.3) is 0 Å². The zero-order valence-corrected chi connectivity index (χ0v) is 7.73. The van der Waals surface area contributed by atoms with Crippen molar-refractivity contribution < 1.29 is 4.79 Å². The second-order valence-corrected chi connectivity index (χ2v) is 3.74. The van der Waals surface area contributed by atoms with Crippen LogP contribution in [0, 0.1) is 5.92 Å². The molecule has 1 saturated carbocycles. The third kappa shape index (κ3) is 1.94. The van der Waals surface area contributed by atoms with Gasteiger partial charge in [-0.1, -0.05) is 5.21 Å². The van der Waals surface area contributed by atoms with E-state index in [9.17, 15) is 4.79 Å². The third-order valence-electron chi connectivity index (χ3n) is 2.50. The Morgan fingerprint density at radius 1 is 1.69 bits per heavy atom. The number of carbonyl (C=O) groups is 1. The molecule has 0 spiro atoms. The number of aryl methyl sites for hydroxylation is 1. The molecule has 0 N–H and O–H groups in total. The van der Waals surface area contributed by atoms with Crippen molar-refractivity contribution >= 4 is 5.78 Å². The highest BCUT2D eigenvalue weighted by Crippen LogP contribution is 2.24. The molecule has 0 radical (unpaired) electrons. The molecule has 2 rings (SSSR count). The largest absolute Gasteiger partial charge is 0.300 e. The van der Waals surface area contributed by atoms with Gasteiger partial charge in [-0.05, 0) is 18.8 Å². The van der Waals surface area contributed by atoms with Crippen LogP contribution >= 0.6 is 0 Å². The van der Waals surface area contributed by atoms with E-state index >= 15 is 0 Å². The predicted octanol–water partition coefficient (Wildman–Crippen LogP) is 0.727. The van der Waals surface area contributed by atoms with Gasteiger partial charge in [-0.3, -0.25) is 9.48 Å². The fourth-order valence-corrected chi connectivity index (χ4v) is 1.85. The number of carbonyl (C=O) groups excluding carboxylic acids is 1. The number of Topliss-reactive ketones (excluding diaryl/α,β-unsaturated/α-hetero) is 1. The van der Waals surface area contributed by atoms with E-state index in [2.05, 4.69) is 10.3 Å². The van der Waals surface area contributed by atoms with Crippen LogP contribution in [0.4, 0.5) is 0 Å². The molecular formula is C9H13N3O. The molecule has 70 valence electrons. The van der Waals surface area contributed by atoms with E-state index in [4.69, 9.17) is 0 Å². The van der Waals surface area contributed by atoms with Crippen molar-refractivity contribution in [2.75, 3.05) is 0 Å². The number of ketones is 1. The fraction of sp³-hybridized carbons (Fsp3) is 0.667. The van der Waals surface area contributed by atoms with Gasteiger partial charge in [0.1, 0.15) is 5.78 Å². The molecule has 1 unspecified atom stereocenters. The second-order valence-electron chi connectivity index (χ2n) is 3.74. The Kier molecular flexibility index (Phi) is 2.12. The van der Waals surface area contributed by atoms with Gasteiger partial charge in [0.05, 0.1) is 5.69 Å². The highest BCUT2D eigenvalue weighted by Gasteiger charge is 2.22. The average molecular weight is 179 g/mol. The maximum Gasteiger partial charge on any atom is 0.133 e. The minimum Gasteiger partial charge on any atom is -0.300 e. The maximum atomic E-state index is 11.0. The summed E-state index contributed by atoms with van der Waals surface area (Å²) in [6.07, 6.45) is 5.33. The zero-order valence-electron chi connectivity index (χ0n) is 7.73. The molecule has 4 heteroatoms. The Balaban J connectivity index is 1.95. The number of hydrogen-bond acceptors (Lipinski definition) is 3. The fourth-order valence-electron chi connectivity index (χ4n) is 1.85. The van der Waals surface area contributed by atoms with Crippen molar-refractivity contribution in [2.24, 2.45) is 13.0 Å². The second kappa shape index (κ2) is 3.28. The first-order chi connectivity index (χ1) is 6.24. The standard InChI is InChI=1S/C9H13N3O/c1-12-6-8(10-11-12)4-7-2-3-9(13)5-7/h6-7H,2-5H2,1H3. The van der Waals surface area contributed by atoms with Crippen LogP contribution in [0.2, 0.25) is 0 Å². The first-order valence-electron chi connectivity index (χ1n) is 4.61. The van der Waals surface area contributed by atoms with Gasteiger partial charge in [0.25, 0.3) is 0 Å². The lowest BCUT2D eigenvalue weighted by Gasteiger charge is -2.02. The minimum atomic E-state index is 0.397. The van der Waals surface area contributed by atoms with E-state index in [1.54, 1.807) is 4.68 Å². The Morgan fingerprint density at radius 2 is 2.54 bits per heavy atom. The van der Waals surface area contributed by atoms with Crippen LogP contribution in [-0.2, 0) is 18.3 Å². The smallest absolute Gasteiger partial charge is 0.133 e.